The van der Waals surface area contributed by atoms with Crippen LogP contribution in [0.1, 0.15) is 45.8 Å². The van der Waals surface area contributed by atoms with Gasteiger partial charge in [-0.25, -0.2) is 4.57 Å². The van der Waals surface area contributed by atoms with Crippen LogP contribution in [0, 0.1) is 6.92 Å². The summed E-state index contributed by atoms with van der Waals surface area (Å²) < 4.78 is 19.0. The van der Waals surface area contributed by atoms with Crippen LogP contribution in [0.5, 0.6) is 0 Å². The molecule has 0 saturated carbocycles. The standard InChI is InChI=1S/C24H26N/c1-6-17-10-9-11-18-22(17)23-19(24(18,3)4)14-13-16(2)21(23)20-12-7-8-15-25(20)5/h7-15H,6H2,1-5H3/q+1/i6D2. The van der Waals surface area contributed by atoms with E-state index >= 15 is 0 Å². The molecule has 0 amide bonds. The van der Waals surface area contributed by atoms with E-state index in [1.165, 1.54) is 27.8 Å². The Labute approximate surface area is 153 Å². The number of aryl methyl sites for hydroxylation is 3. The van der Waals surface area contributed by atoms with E-state index in [-0.39, 0.29) is 5.41 Å². The van der Waals surface area contributed by atoms with Gasteiger partial charge in [0, 0.05) is 25.9 Å². The SMILES string of the molecule is [2H]C([2H])(C)c1cccc2c1-c1c(ccc(C)c1-c1cccc[n+]1C)C2(C)C. The molecule has 2 aromatic carbocycles. The molecule has 0 bridgehead atoms. The normalized spacial score (nSPS) is 16.0. The van der Waals surface area contributed by atoms with Gasteiger partial charge in [0.25, 0.3) is 0 Å². The van der Waals surface area contributed by atoms with Crippen LogP contribution >= 0.6 is 0 Å². The molecule has 0 aliphatic heterocycles. The van der Waals surface area contributed by atoms with Crippen molar-refractivity contribution in [1.29, 1.82) is 0 Å². The van der Waals surface area contributed by atoms with Crippen molar-refractivity contribution in [1.82, 2.24) is 0 Å². The number of fused-ring (bicyclic) bond motifs is 3. The third-order valence-corrected chi connectivity index (χ3v) is 5.66. The number of hydrogen-bond acceptors (Lipinski definition) is 0. The minimum Gasteiger partial charge on any atom is -0.201 e. The van der Waals surface area contributed by atoms with Crippen molar-refractivity contribution in [3.05, 3.63) is 77.0 Å². The molecule has 0 saturated heterocycles. The predicted octanol–water partition coefficient (Wildman–Crippen LogP) is 5.36. The Morgan fingerprint density at radius 1 is 0.920 bits per heavy atom. The molecule has 126 valence electrons. The Balaban J connectivity index is 2.19. The molecule has 1 aliphatic rings. The van der Waals surface area contributed by atoms with E-state index in [2.05, 4.69) is 68.9 Å². The van der Waals surface area contributed by atoms with Gasteiger partial charge in [0.2, 0.25) is 5.69 Å². The van der Waals surface area contributed by atoms with E-state index < -0.39 is 6.37 Å². The molecule has 0 fully saturated rings. The lowest BCUT2D eigenvalue weighted by atomic mass is 9.81. The van der Waals surface area contributed by atoms with Gasteiger partial charge in [-0.3, -0.25) is 0 Å². The molecule has 0 radical (unpaired) electrons. The fourth-order valence-corrected chi connectivity index (χ4v) is 4.30. The predicted molar refractivity (Wildman–Crippen MR) is 105 cm³/mol. The molecule has 1 aromatic heterocycles. The van der Waals surface area contributed by atoms with Crippen LogP contribution in [-0.4, -0.2) is 0 Å². The highest BCUT2D eigenvalue weighted by atomic mass is 14.9. The Morgan fingerprint density at radius 3 is 2.40 bits per heavy atom. The zero-order chi connectivity index (χ0) is 19.6. The van der Waals surface area contributed by atoms with Crippen molar-refractivity contribution in [2.75, 3.05) is 0 Å². The van der Waals surface area contributed by atoms with Crippen molar-refractivity contribution in [2.45, 2.75) is 39.5 Å². The molecule has 1 nitrogen and oxygen atoms in total. The Kier molecular flexibility index (Phi) is 3.07. The van der Waals surface area contributed by atoms with Crippen LogP contribution in [0.25, 0.3) is 22.4 Å². The van der Waals surface area contributed by atoms with Crippen molar-refractivity contribution in [3.63, 3.8) is 0 Å². The monoisotopic (exact) mass is 330 g/mol. The van der Waals surface area contributed by atoms with Crippen molar-refractivity contribution in [2.24, 2.45) is 7.05 Å². The first-order valence-corrected chi connectivity index (χ1v) is 8.87. The number of rotatable bonds is 2. The van der Waals surface area contributed by atoms with Gasteiger partial charge in [0.05, 0.1) is 5.56 Å². The highest BCUT2D eigenvalue weighted by molar-refractivity contribution is 5.93. The second-order valence-corrected chi connectivity index (χ2v) is 7.48. The van der Waals surface area contributed by atoms with E-state index in [4.69, 9.17) is 2.74 Å². The van der Waals surface area contributed by atoms with Gasteiger partial charge in [-0.15, -0.1) is 0 Å². The molecule has 1 heteroatoms. The van der Waals surface area contributed by atoms with Gasteiger partial charge < -0.3 is 0 Å². The largest absolute Gasteiger partial charge is 0.213 e. The Morgan fingerprint density at radius 2 is 1.68 bits per heavy atom. The lowest BCUT2D eigenvalue weighted by molar-refractivity contribution is -0.660. The minimum absolute atomic E-state index is 0.151. The molecule has 1 heterocycles. The van der Waals surface area contributed by atoms with E-state index in [1.54, 1.807) is 6.92 Å². The second-order valence-electron chi connectivity index (χ2n) is 7.48. The van der Waals surface area contributed by atoms with Crippen molar-refractivity contribution >= 4 is 0 Å². The molecule has 4 rings (SSSR count). The molecule has 1 aliphatic carbocycles. The highest BCUT2D eigenvalue weighted by Gasteiger charge is 2.39. The van der Waals surface area contributed by atoms with Crippen LogP contribution in [-0.2, 0) is 18.8 Å². The third kappa shape index (κ3) is 2.18. The quantitative estimate of drug-likeness (QED) is 0.557. The fourth-order valence-electron chi connectivity index (χ4n) is 4.30. The average Bonchev–Trinajstić information content (AvgIpc) is 2.83. The molecule has 25 heavy (non-hydrogen) atoms. The van der Waals surface area contributed by atoms with Crippen LogP contribution in [0.3, 0.4) is 0 Å². The van der Waals surface area contributed by atoms with E-state index in [0.29, 0.717) is 0 Å². The summed E-state index contributed by atoms with van der Waals surface area (Å²) in [6.07, 6.45) is 0.670. The van der Waals surface area contributed by atoms with Gasteiger partial charge in [-0.05, 0) is 47.2 Å². The summed E-state index contributed by atoms with van der Waals surface area (Å²) >= 11 is 0. The first-order valence-electron chi connectivity index (χ1n) is 9.87. The summed E-state index contributed by atoms with van der Waals surface area (Å²) in [6, 6.07) is 16.8. The van der Waals surface area contributed by atoms with Gasteiger partial charge in [-0.2, -0.15) is 0 Å². The lowest BCUT2D eigenvalue weighted by Gasteiger charge is -2.22. The lowest BCUT2D eigenvalue weighted by Crippen LogP contribution is -2.30. The molecule has 0 spiro atoms. The van der Waals surface area contributed by atoms with Crippen molar-refractivity contribution in [3.8, 4) is 22.4 Å². The zero-order valence-electron chi connectivity index (χ0n) is 17.6. The Bertz CT molecular complexity index is 1060. The zero-order valence-corrected chi connectivity index (χ0v) is 15.6. The van der Waals surface area contributed by atoms with Gasteiger partial charge in [-0.1, -0.05) is 51.1 Å². The minimum atomic E-state index is -1.40. The first-order chi connectivity index (χ1) is 12.6. The smallest absolute Gasteiger partial charge is 0.201 e. The van der Waals surface area contributed by atoms with Crippen molar-refractivity contribution < 1.29 is 7.31 Å². The second kappa shape index (κ2) is 5.56. The molecule has 0 N–H and O–H groups in total. The topological polar surface area (TPSA) is 3.88 Å². The molecular weight excluding hydrogens is 302 g/mol. The number of benzene rings is 2. The van der Waals surface area contributed by atoms with Crippen LogP contribution in [0.4, 0.5) is 0 Å². The molecule has 3 aromatic rings. The van der Waals surface area contributed by atoms with Crippen LogP contribution < -0.4 is 4.57 Å². The van der Waals surface area contributed by atoms with E-state index in [0.717, 1.165) is 16.8 Å². The fraction of sp³-hybridized carbons (Fsp3) is 0.292. The first kappa shape index (κ1) is 13.8. The number of pyridine rings is 1. The molecule has 0 unspecified atom stereocenters. The summed E-state index contributed by atoms with van der Waals surface area (Å²) in [5.41, 5.74) is 8.96. The van der Waals surface area contributed by atoms with Gasteiger partial charge in [0.1, 0.15) is 7.05 Å². The summed E-state index contributed by atoms with van der Waals surface area (Å²) in [6.45, 7) is 8.30. The maximum absolute atomic E-state index is 8.44. The summed E-state index contributed by atoms with van der Waals surface area (Å²) in [5.74, 6) is 0. The number of aromatic nitrogens is 1. The van der Waals surface area contributed by atoms with E-state index in [1.807, 2.05) is 18.2 Å². The molecular formula is C24H26N+. The maximum atomic E-state index is 8.44. The van der Waals surface area contributed by atoms with Crippen LogP contribution in [0.2, 0.25) is 0 Å². The van der Waals surface area contributed by atoms with Gasteiger partial charge >= 0.3 is 0 Å². The average molecular weight is 330 g/mol. The number of nitrogens with zero attached hydrogens (tertiary/aromatic N) is 1. The van der Waals surface area contributed by atoms with E-state index in [9.17, 15) is 0 Å². The maximum Gasteiger partial charge on any atom is 0.213 e. The van der Waals surface area contributed by atoms with Gasteiger partial charge in [0.15, 0.2) is 6.20 Å². The number of hydrogen-bond donors (Lipinski definition) is 0. The summed E-state index contributed by atoms with van der Waals surface area (Å²) in [4.78, 5) is 0. The third-order valence-electron chi connectivity index (χ3n) is 5.66. The summed E-state index contributed by atoms with van der Waals surface area (Å²) in [7, 11) is 2.07. The molecule has 0 atom stereocenters. The Hall–Kier alpha value is -2.41. The highest BCUT2D eigenvalue weighted by Crippen LogP contribution is 2.53. The van der Waals surface area contributed by atoms with Crippen LogP contribution in [0.15, 0.2) is 54.7 Å². The summed E-state index contributed by atoms with van der Waals surface area (Å²) in [5, 5.41) is 0.